The summed E-state index contributed by atoms with van der Waals surface area (Å²) in [5, 5.41) is 3.02. The van der Waals surface area contributed by atoms with Gasteiger partial charge in [-0.1, -0.05) is 30.4 Å². The second-order valence-corrected chi connectivity index (χ2v) is 9.17. The van der Waals surface area contributed by atoms with Crippen LogP contribution in [0.15, 0.2) is 54.6 Å². The number of likely N-dealkylation sites (tertiary alicyclic amines) is 1. The van der Waals surface area contributed by atoms with Crippen LogP contribution < -0.4 is 19.5 Å². The van der Waals surface area contributed by atoms with Gasteiger partial charge in [0.15, 0.2) is 11.5 Å². The summed E-state index contributed by atoms with van der Waals surface area (Å²) in [5.74, 6) is 1.01. The van der Waals surface area contributed by atoms with Crippen molar-refractivity contribution in [1.29, 1.82) is 0 Å². The highest BCUT2D eigenvalue weighted by molar-refractivity contribution is 5.93. The molecule has 2 bridgehead atoms. The predicted octanol–water partition coefficient (Wildman–Crippen LogP) is 2.06. The molecule has 0 aliphatic carbocycles. The molecule has 1 spiro atoms. The zero-order chi connectivity index (χ0) is 23.3. The molecule has 34 heavy (non-hydrogen) atoms. The van der Waals surface area contributed by atoms with Gasteiger partial charge in [0.1, 0.15) is 11.4 Å². The van der Waals surface area contributed by atoms with E-state index in [9.17, 15) is 9.59 Å². The van der Waals surface area contributed by atoms with Crippen molar-refractivity contribution >= 4 is 11.8 Å². The lowest BCUT2D eigenvalue weighted by Crippen LogP contribution is -2.44. The van der Waals surface area contributed by atoms with E-state index < -0.39 is 17.4 Å². The lowest BCUT2D eigenvalue weighted by Gasteiger charge is -2.23. The van der Waals surface area contributed by atoms with E-state index in [0.29, 0.717) is 37.6 Å². The van der Waals surface area contributed by atoms with E-state index in [1.54, 1.807) is 12.0 Å². The number of amides is 2. The Morgan fingerprint density at radius 1 is 1.15 bits per heavy atom. The summed E-state index contributed by atoms with van der Waals surface area (Å²) in [6.07, 6.45) is 4.24. The summed E-state index contributed by atoms with van der Waals surface area (Å²) in [4.78, 5) is 28.4. The molecule has 2 amide bonds. The molecule has 6 rings (SSSR count). The van der Waals surface area contributed by atoms with E-state index in [1.165, 1.54) is 0 Å². The molecular weight excluding hydrogens is 436 g/mol. The van der Waals surface area contributed by atoms with E-state index in [4.69, 9.17) is 18.9 Å². The third kappa shape index (κ3) is 3.40. The van der Waals surface area contributed by atoms with Gasteiger partial charge in [-0.3, -0.25) is 9.59 Å². The summed E-state index contributed by atoms with van der Waals surface area (Å²) < 4.78 is 22.2. The molecule has 176 valence electrons. The quantitative estimate of drug-likeness (QED) is 0.634. The standard InChI is InChI=1S/C26H26N2O6/c1-31-18-5-2-16(3-6-18)9-11-27-24(29)22-20-8-10-26(34-20)14-28(25(30)23(22)26)13-17-4-7-19-21(12-17)33-15-32-19/h2-8,10,12,20,22-23H,9,11,13-15H2,1H3,(H,27,29)/t20-,22+,23+,26+/m1/s1. The van der Waals surface area contributed by atoms with Crippen LogP contribution in [-0.2, 0) is 27.3 Å². The number of carbonyl (C=O) groups is 2. The molecule has 2 fully saturated rings. The Bertz CT molecular complexity index is 1160. The summed E-state index contributed by atoms with van der Waals surface area (Å²) in [5.41, 5.74) is 1.33. The molecule has 4 atom stereocenters. The number of fused-ring (bicyclic) bond motifs is 2. The highest BCUT2D eigenvalue weighted by Crippen LogP contribution is 2.52. The minimum atomic E-state index is -0.726. The Morgan fingerprint density at radius 2 is 1.94 bits per heavy atom. The van der Waals surface area contributed by atoms with E-state index in [1.807, 2.05) is 54.6 Å². The van der Waals surface area contributed by atoms with Crippen molar-refractivity contribution in [3.63, 3.8) is 0 Å². The third-order valence-electron chi connectivity index (χ3n) is 7.16. The number of ether oxygens (including phenoxy) is 4. The number of nitrogens with one attached hydrogen (secondary N) is 1. The van der Waals surface area contributed by atoms with Crippen LogP contribution in [0.2, 0.25) is 0 Å². The average Bonchev–Trinajstić information content (AvgIpc) is 3.61. The van der Waals surface area contributed by atoms with Gasteiger partial charge in [-0.05, 0) is 41.8 Å². The molecule has 8 nitrogen and oxygen atoms in total. The molecule has 0 unspecified atom stereocenters. The number of carbonyl (C=O) groups excluding carboxylic acids is 2. The largest absolute Gasteiger partial charge is 0.497 e. The van der Waals surface area contributed by atoms with E-state index in [-0.39, 0.29) is 24.7 Å². The summed E-state index contributed by atoms with van der Waals surface area (Å²) in [6, 6.07) is 13.5. The summed E-state index contributed by atoms with van der Waals surface area (Å²) >= 11 is 0. The fraction of sp³-hybridized carbons (Fsp3) is 0.385. The van der Waals surface area contributed by atoms with Gasteiger partial charge in [0, 0.05) is 13.1 Å². The van der Waals surface area contributed by atoms with Crippen LogP contribution in [0, 0.1) is 11.8 Å². The maximum absolute atomic E-state index is 13.4. The molecular formula is C26H26N2O6. The van der Waals surface area contributed by atoms with Gasteiger partial charge in [-0.2, -0.15) is 0 Å². The first-order chi connectivity index (χ1) is 16.6. The Labute approximate surface area is 197 Å². The maximum Gasteiger partial charge on any atom is 0.231 e. The van der Waals surface area contributed by atoms with Crippen molar-refractivity contribution in [2.75, 3.05) is 27.0 Å². The second-order valence-electron chi connectivity index (χ2n) is 9.17. The molecule has 4 aliphatic rings. The van der Waals surface area contributed by atoms with E-state index in [0.717, 1.165) is 16.9 Å². The second kappa shape index (κ2) is 8.06. The van der Waals surface area contributed by atoms with E-state index >= 15 is 0 Å². The number of benzene rings is 2. The Hall–Kier alpha value is -3.52. The topological polar surface area (TPSA) is 86.3 Å². The average molecular weight is 463 g/mol. The number of rotatable bonds is 7. The van der Waals surface area contributed by atoms with Gasteiger partial charge < -0.3 is 29.2 Å². The van der Waals surface area contributed by atoms with Gasteiger partial charge in [0.25, 0.3) is 0 Å². The molecule has 0 saturated carbocycles. The normalized spacial score (nSPS) is 27.9. The molecule has 0 aromatic heterocycles. The van der Waals surface area contributed by atoms with Gasteiger partial charge in [-0.25, -0.2) is 0 Å². The highest BCUT2D eigenvalue weighted by Gasteiger charge is 2.66. The van der Waals surface area contributed by atoms with Crippen molar-refractivity contribution in [1.82, 2.24) is 10.2 Å². The van der Waals surface area contributed by atoms with Crippen molar-refractivity contribution < 1.29 is 28.5 Å². The first-order valence-corrected chi connectivity index (χ1v) is 11.5. The molecule has 4 aliphatic heterocycles. The summed E-state index contributed by atoms with van der Waals surface area (Å²) in [6.45, 7) is 1.57. The zero-order valence-corrected chi connectivity index (χ0v) is 18.9. The molecule has 2 aromatic carbocycles. The van der Waals surface area contributed by atoms with Gasteiger partial charge in [0.2, 0.25) is 18.6 Å². The van der Waals surface area contributed by atoms with Gasteiger partial charge in [-0.15, -0.1) is 0 Å². The number of methoxy groups -OCH3 is 1. The lowest BCUT2D eigenvalue weighted by atomic mass is 9.77. The van der Waals surface area contributed by atoms with Gasteiger partial charge >= 0.3 is 0 Å². The summed E-state index contributed by atoms with van der Waals surface area (Å²) in [7, 11) is 1.63. The first-order valence-electron chi connectivity index (χ1n) is 11.5. The highest BCUT2D eigenvalue weighted by atomic mass is 16.7. The zero-order valence-electron chi connectivity index (χ0n) is 18.9. The number of hydrogen-bond acceptors (Lipinski definition) is 6. The van der Waals surface area contributed by atoms with Crippen molar-refractivity contribution in [2.24, 2.45) is 11.8 Å². The fourth-order valence-electron chi connectivity index (χ4n) is 5.51. The Kier molecular flexibility index (Phi) is 4.99. The molecule has 2 saturated heterocycles. The Balaban J connectivity index is 1.12. The smallest absolute Gasteiger partial charge is 0.231 e. The third-order valence-corrected chi connectivity index (χ3v) is 7.16. The fourth-order valence-corrected chi connectivity index (χ4v) is 5.51. The first kappa shape index (κ1) is 21.0. The van der Waals surface area contributed by atoms with Crippen molar-refractivity contribution in [2.45, 2.75) is 24.7 Å². The lowest BCUT2D eigenvalue weighted by molar-refractivity contribution is -0.137. The van der Waals surface area contributed by atoms with Crippen LogP contribution in [0.3, 0.4) is 0 Å². The number of nitrogens with zero attached hydrogens (tertiary/aromatic N) is 1. The number of hydrogen-bond donors (Lipinski definition) is 1. The minimum absolute atomic E-state index is 0.0418. The molecule has 8 heteroatoms. The van der Waals surface area contributed by atoms with Crippen LogP contribution in [0.25, 0.3) is 0 Å². The predicted molar refractivity (Wildman–Crippen MR) is 121 cm³/mol. The molecule has 4 heterocycles. The van der Waals surface area contributed by atoms with Crippen LogP contribution in [-0.4, -0.2) is 55.4 Å². The monoisotopic (exact) mass is 462 g/mol. The van der Waals surface area contributed by atoms with Crippen LogP contribution in [0.5, 0.6) is 17.2 Å². The Morgan fingerprint density at radius 3 is 2.76 bits per heavy atom. The van der Waals surface area contributed by atoms with Crippen LogP contribution in [0.4, 0.5) is 0 Å². The van der Waals surface area contributed by atoms with E-state index in [2.05, 4.69) is 5.32 Å². The SMILES string of the molecule is COc1ccc(CCNC(=O)[C@@H]2[C@H]3C(=O)N(Cc4ccc5c(c4)OCO5)C[C@@]34C=C[C@H]2O4)cc1. The van der Waals surface area contributed by atoms with Crippen molar-refractivity contribution in [3.8, 4) is 17.2 Å². The van der Waals surface area contributed by atoms with Crippen LogP contribution in [0.1, 0.15) is 11.1 Å². The minimum Gasteiger partial charge on any atom is -0.497 e. The molecule has 2 aromatic rings. The maximum atomic E-state index is 13.4. The molecule has 0 radical (unpaired) electrons. The molecule has 1 N–H and O–H groups in total. The van der Waals surface area contributed by atoms with Gasteiger partial charge in [0.05, 0.1) is 31.6 Å². The van der Waals surface area contributed by atoms with Crippen molar-refractivity contribution in [3.05, 3.63) is 65.7 Å². The van der Waals surface area contributed by atoms with Crippen LogP contribution >= 0.6 is 0 Å².